The quantitative estimate of drug-likeness (QED) is 0.566. The van der Waals surface area contributed by atoms with Crippen molar-refractivity contribution in [1.82, 2.24) is 15.1 Å². The third-order valence-electron chi connectivity index (χ3n) is 7.08. The molecule has 0 saturated carbocycles. The van der Waals surface area contributed by atoms with E-state index in [4.69, 9.17) is 4.74 Å². The highest BCUT2D eigenvalue weighted by Gasteiger charge is 2.29. The molecule has 2 heterocycles. The van der Waals surface area contributed by atoms with E-state index >= 15 is 0 Å². The van der Waals surface area contributed by atoms with Crippen LogP contribution in [0.15, 0.2) is 54.6 Å². The number of piperidine rings is 1. The molecule has 0 aromatic heterocycles. The van der Waals surface area contributed by atoms with Gasteiger partial charge in [-0.2, -0.15) is 0 Å². The van der Waals surface area contributed by atoms with Gasteiger partial charge in [0.25, 0.3) is 0 Å². The normalized spacial score (nSPS) is 18.4. The molecule has 1 unspecified atom stereocenters. The molecule has 188 valence electrons. The average Bonchev–Trinajstić information content (AvgIpc) is 2.89. The fraction of sp³-hybridized carbons (Fsp3) is 0.517. The van der Waals surface area contributed by atoms with Crippen LogP contribution in [0.5, 0.6) is 0 Å². The fourth-order valence-corrected chi connectivity index (χ4v) is 5.06. The van der Waals surface area contributed by atoms with E-state index in [9.17, 15) is 9.59 Å². The van der Waals surface area contributed by atoms with Crippen molar-refractivity contribution in [3.8, 4) is 0 Å². The van der Waals surface area contributed by atoms with Gasteiger partial charge in [-0.15, -0.1) is 0 Å². The smallest absolute Gasteiger partial charge is 0.317 e. The number of amides is 2. The molecule has 2 aromatic carbocycles. The van der Waals surface area contributed by atoms with Gasteiger partial charge in [-0.3, -0.25) is 9.69 Å². The van der Waals surface area contributed by atoms with Crippen LogP contribution in [0.1, 0.15) is 54.2 Å². The number of morpholine rings is 1. The number of nitrogens with zero attached hydrogens (tertiary/aromatic N) is 2. The van der Waals surface area contributed by atoms with E-state index in [1.54, 1.807) is 0 Å². The maximum Gasteiger partial charge on any atom is 0.317 e. The van der Waals surface area contributed by atoms with Crippen molar-refractivity contribution in [3.63, 3.8) is 0 Å². The fourth-order valence-electron chi connectivity index (χ4n) is 5.06. The zero-order valence-corrected chi connectivity index (χ0v) is 21.1. The van der Waals surface area contributed by atoms with Crippen LogP contribution < -0.4 is 5.32 Å². The van der Waals surface area contributed by atoms with Gasteiger partial charge in [0.1, 0.15) is 0 Å². The van der Waals surface area contributed by atoms with Crippen LogP contribution >= 0.6 is 0 Å². The van der Waals surface area contributed by atoms with Crippen LogP contribution in [0.2, 0.25) is 0 Å². The first kappa shape index (κ1) is 25.4. The Morgan fingerprint density at radius 3 is 2.23 bits per heavy atom. The molecule has 2 aliphatic rings. The number of carbonyl (C=O) groups is 2. The predicted molar refractivity (Wildman–Crippen MR) is 139 cm³/mol. The molecule has 1 atom stereocenters. The monoisotopic (exact) mass is 477 g/mol. The van der Waals surface area contributed by atoms with E-state index in [-0.39, 0.29) is 23.8 Å². The van der Waals surface area contributed by atoms with Crippen molar-refractivity contribution in [2.45, 2.75) is 39.2 Å². The Balaban J connectivity index is 1.32. The van der Waals surface area contributed by atoms with E-state index in [0.717, 1.165) is 50.4 Å². The molecular weight excluding hydrogens is 438 g/mol. The summed E-state index contributed by atoms with van der Waals surface area (Å²) in [6, 6.07) is 18.1. The summed E-state index contributed by atoms with van der Waals surface area (Å²) in [5, 5.41) is 3.27. The topological polar surface area (TPSA) is 61.9 Å². The highest BCUT2D eigenvalue weighted by atomic mass is 16.5. The average molecular weight is 478 g/mol. The SMILES string of the molecule is CC(C)Cc1ccc(C(=O)C2CCN(C(=O)NC(CN3CCOCC3)c3ccccc3)CC2)cc1. The molecule has 2 amide bonds. The van der Waals surface area contributed by atoms with Gasteiger partial charge in [0.15, 0.2) is 5.78 Å². The van der Waals surface area contributed by atoms with Crippen molar-refractivity contribution in [3.05, 3.63) is 71.3 Å². The summed E-state index contributed by atoms with van der Waals surface area (Å²) in [4.78, 5) is 30.5. The first-order valence-electron chi connectivity index (χ1n) is 13.0. The van der Waals surface area contributed by atoms with Crippen molar-refractivity contribution in [2.24, 2.45) is 11.8 Å². The largest absolute Gasteiger partial charge is 0.379 e. The van der Waals surface area contributed by atoms with Crippen LogP contribution in [0.25, 0.3) is 0 Å². The van der Waals surface area contributed by atoms with E-state index in [1.165, 1.54) is 5.56 Å². The van der Waals surface area contributed by atoms with E-state index < -0.39 is 0 Å². The van der Waals surface area contributed by atoms with Crippen molar-refractivity contribution in [1.29, 1.82) is 0 Å². The Morgan fingerprint density at radius 1 is 0.943 bits per heavy atom. The first-order valence-corrected chi connectivity index (χ1v) is 13.0. The van der Waals surface area contributed by atoms with Crippen LogP contribution in [0, 0.1) is 11.8 Å². The number of rotatable bonds is 8. The second-order valence-electron chi connectivity index (χ2n) is 10.2. The lowest BCUT2D eigenvalue weighted by Gasteiger charge is -2.35. The van der Waals surface area contributed by atoms with Gasteiger partial charge in [-0.1, -0.05) is 68.4 Å². The van der Waals surface area contributed by atoms with Crippen LogP contribution in [0.4, 0.5) is 4.79 Å². The lowest BCUT2D eigenvalue weighted by Crippen LogP contribution is -2.49. The summed E-state index contributed by atoms with van der Waals surface area (Å²) in [7, 11) is 0. The molecule has 2 fully saturated rings. The summed E-state index contributed by atoms with van der Waals surface area (Å²) in [5.74, 6) is 0.784. The Labute approximate surface area is 209 Å². The summed E-state index contributed by atoms with van der Waals surface area (Å²) in [6.07, 6.45) is 2.44. The lowest BCUT2D eigenvalue weighted by atomic mass is 9.88. The number of benzene rings is 2. The number of carbonyl (C=O) groups excluding carboxylic acids is 2. The number of hydrogen-bond donors (Lipinski definition) is 1. The Hall–Kier alpha value is -2.70. The highest BCUT2D eigenvalue weighted by molar-refractivity contribution is 5.98. The maximum absolute atomic E-state index is 13.2. The number of hydrogen-bond acceptors (Lipinski definition) is 4. The van der Waals surface area contributed by atoms with E-state index in [0.29, 0.717) is 31.8 Å². The molecule has 2 saturated heterocycles. The highest BCUT2D eigenvalue weighted by Crippen LogP contribution is 2.23. The van der Waals surface area contributed by atoms with Gasteiger partial charge in [0, 0.05) is 44.2 Å². The zero-order chi connectivity index (χ0) is 24.6. The summed E-state index contributed by atoms with van der Waals surface area (Å²) < 4.78 is 5.48. The minimum absolute atomic E-state index is 0.0201. The molecule has 2 aliphatic heterocycles. The molecule has 0 aliphatic carbocycles. The second kappa shape index (κ2) is 12.3. The number of likely N-dealkylation sites (tertiary alicyclic amines) is 1. The second-order valence-corrected chi connectivity index (χ2v) is 10.2. The molecular formula is C29H39N3O3. The van der Waals surface area contributed by atoms with Crippen LogP contribution in [-0.2, 0) is 11.2 Å². The molecule has 2 aromatic rings. The molecule has 1 N–H and O–H groups in total. The predicted octanol–water partition coefficient (Wildman–Crippen LogP) is 4.56. The standard InChI is InChI=1S/C29H39N3O3/c1-22(2)20-23-8-10-25(11-9-23)28(33)26-12-14-32(15-13-26)29(34)30-27(24-6-4-3-5-7-24)21-31-16-18-35-19-17-31/h3-11,22,26-27H,12-21H2,1-2H3,(H,30,34). The summed E-state index contributed by atoms with van der Waals surface area (Å²) in [5.41, 5.74) is 3.17. The molecule has 6 heteroatoms. The minimum atomic E-state index is -0.0782. The van der Waals surface area contributed by atoms with Gasteiger partial charge in [-0.25, -0.2) is 4.79 Å². The van der Waals surface area contributed by atoms with Gasteiger partial charge in [0.05, 0.1) is 19.3 Å². The number of urea groups is 1. The van der Waals surface area contributed by atoms with Gasteiger partial charge < -0.3 is 15.0 Å². The van der Waals surface area contributed by atoms with E-state index in [1.807, 2.05) is 35.2 Å². The summed E-state index contributed by atoms with van der Waals surface area (Å²) in [6.45, 7) is 9.60. The van der Waals surface area contributed by atoms with Gasteiger partial charge in [0.2, 0.25) is 0 Å². The molecule has 4 rings (SSSR count). The molecule has 6 nitrogen and oxygen atoms in total. The number of nitrogens with one attached hydrogen (secondary N) is 1. The number of Topliss-reactive ketones (excluding diaryl/α,β-unsaturated/α-hetero) is 1. The lowest BCUT2D eigenvalue weighted by molar-refractivity contribution is 0.0335. The Kier molecular flexibility index (Phi) is 8.94. The third-order valence-corrected chi connectivity index (χ3v) is 7.08. The van der Waals surface area contributed by atoms with E-state index in [2.05, 4.69) is 48.3 Å². The molecule has 0 bridgehead atoms. The molecule has 35 heavy (non-hydrogen) atoms. The molecule has 0 spiro atoms. The Bertz CT molecular complexity index is 947. The van der Waals surface area contributed by atoms with Crippen molar-refractivity contribution in [2.75, 3.05) is 45.9 Å². The molecule has 0 radical (unpaired) electrons. The van der Waals surface area contributed by atoms with Crippen molar-refractivity contribution < 1.29 is 14.3 Å². The number of ketones is 1. The van der Waals surface area contributed by atoms with Crippen molar-refractivity contribution >= 4 is 11.8 Å². The summed E-state index contributed by atoms with van der Waals surface area (Å²) >= 11 is 0. The first-order chi connectivity index (χ1) is 17.0. The van der Waals surface area contributed by atoms with Gasteiger partial charge in [-0.05, 0) is 36.3 Å². The van der Waals surface area contributed by atoms with Gasteiger partial charge >= 0.3 is 6.03 Å². The van der Waals surface area contributed by atoms with Crippen LogP contribution in [-0.4, -0.2) is 67.6 Å². The minimum Gasteiger partial charge on any atom is -0.379 e. The number of ether oxygens (including phenoxy) is 1. The third kappa shape index (κ3) is 7.15. The van der Waals surface area contributed by atoms with Crippen LogP contribution in [0.3, 0.4) is 0 Å². The zero-order valence-electron chi connectivity index (χ0n) is 21.1. The maximum atomic E-state index is 13.2. The Morgan fingerprint density at radius 2 is 1.60 bits per heavy atom.